The molecule has 0 aliphatic heterocycles. The van der Waals surface area contributed by atoms with E-state index in [4.69, 9.17) is 4.74 Å². The van der Waals surface area contributed by atoms with E-state index in [1.807, 2.05) is 31.2 Å². The van der Waals surface area contributed by atoms with Crippen molar-refractivity contribution in [3.05, 3.63) is 48.0 Å². The second-order valence-electron chi connectivity index (χ2n) is 3.51. The Balaban J connectivity index is 2.96. The Labute approximate surface area is 96.1 Å². The second-order valence-corrected chi connectivity index (χ2v) is 3.51. The summed E-state index contributed by atoms with van der Waals surface area (Å²) in [7, 11) is 1.39. The standard InChI is InChI=1S/C13H17NO2/c1-4-9-14-12(13(15)16-3)11-8-6-5-7-10(11)2/h4-8,12,14H,1,9H2,2-3H3. The molecule has 0 aliphatic carbocycles. The minimum atomic E-state index is -0.427. The number of esters is 1. The predicted octanol–water partition coefficient (Wildman–Crippen LogP) is 1.98. The zero-order valence-electron chi connectivity index (χ0n) is 9.69. The minimum Gasteiger partial charge on any atom is -0.468 e. The summed E-state index contributed by atoms with van der Waals surface area (Å²) in [6.07, 6.45) is 1.72. The summed E-state index contributed by atoms with van der Waals surface area (Å²) in [6, 6.07) is 7.33. The summed E-state index contributed by atoms with van der Waals surface area (Å²) in [4.78, 5) is 11.7. The molecule has 3 heteroatoms. The number of hydrogen-bond acceptors (Lipinski definition) is 3. The van der Waals surface area contributed by atoms with E-state index in [-0.39, 0.29) is 5.97 Å². The van der Waals surface area contributed by atoms with E-state index >= 15 is 0 Å². The second kappa shape index (κ2) is 6.08. The molecule has 1 atom stereocenters. The Kier molecular flexibility index (Phi) is 4.73. The van der Waals surface area contributed by atoms with Crippen LogP contribution in [0.5, 0.6) is 0 Å². The van der Waals surface area contributed by atoms with Crippen LogP contribution in [0.3, 0.4) is 0 Å². The molecule has 16 heavy (non-hydrogen) atoms. The lowest BCUT2D eigenvalue weighted by Gasteiger charge is -2.17. The normalized spacial score (nSPS) is 11.9. The van der Waals surface area contributed by atoms with Gasteiger partial charge in [0.05, 0.1) is 7.11 Å². The molecule has 0 radical (unpaired) electrons. The molecule has 0 heterocycles. The van der Waals surface area contributed by atoms with Gasteiger partial charge in [-0.15, -0.1) is 6.58 Å². The molecule has 3 nitrogen and oxygen atoms in total. The van der Waals surface area contributed by atoms with Crippen LogP contribution in [0.2, 0.25) is 0 Å². The summed E-state index contributed by atoms with van der Waals surface area (Å²) in [5.41, 5.74) is 2.01. The molecule has 1 unspecified atom stereocenters. The van der Waals surface area contributed by atoms with E-state index in [0.717, 1.165) is 11.1 Å². The van der Waals surface area contributed by atoms with Gasteiger partial charge < -0.3 is 4.74 Å². The molecule has 86 valence electrons. The first kappa shape index (κ1) is 12.5. The number of carbonyl (C=O) groups excluding carboxylic acids is 1. The summed E-state index contributed by atoms with van der Waals surface area (Å²) in [6.45, 7) is 6.16. The third-order valence-electron chi connectivity index (χ3n) is 2.40. The van der Waals surface area contributed by atoms with Gasteiger partial charge in [0.2, 0.25) is 0 Å². The Morgan fingerprint density at radius 3 is 2.81 bits per heavy atom. The fraction of sp³-hybridized carbons (Fsp3) is 0.308. The lowest BCUT2D eigenvalue weighted by molar-refractivity contribution is -0.143. The van der Waals surface area contributed by atoms with Gasteiger partial charge in [-0.3, -0.25) is 5.32 Å². The Hall–Kier alpha value is -1.61. The van der Waals surface area contributed by atoms with Crippen LogP contribution < -0.4 is 5.32 Å². The third kappa shape index (κ3) is 2.94. The van der Waals surface area contributed by atoms with Crippen molar-refractivity contribution in [2.75, 3.05) is 13.7 Å². The lowest BCUT2D eigenvalue weighted by atomic mass is 10.0. The van der Waals surface area contributed by atoms with E-state index in [1.54, 1.807) is 6.08 Å². The zero-order chi connectivity index (χ0) is 12.0. The molecular formula is C13H17NO2. The minimum absolute atomic E-state index is 0.281. The Bertz CT molecular complexity index is 374. The van der Waals surface area contributed by atoms with Crippen molar-refractivity contribution < 1.29 is 9.53 Å². The number of hydrogen-bond donors (Lipinski definition) is 1. The molecule has 0 amide bonds. The Morgan fingerprint density at radius 1 is 1.56 bits per heavy atom. The van der Waals surface area contributed by atoms with Crippen LogP contribution in [-0.4, -0.2) is 19.6 Å². The SMILES string of the molecule is C=CCNC(C(=O)OC)c1ccccc1C. The summed E-state index contributed by atoms with van der Waals surface area (Å²) < 4.78 is 4.78. The third-order valence-corrected chi connectivity index (χ3v) is 2.40. The monoisotopic (exact) mass is 219 g/mol. The van der Waals surface area contributed by atoms with Crippen molar-refractivity contribution in [1.82, 2.24) is 5.32 Å². The van der Waals surface area contributed by atoms with Gasteiger partial charge >= 0.3 is 5.97 Å². The number of carbonyl (C=O) groups is 1. The predicted molar refractivity (Wildman–Crippen MR) is 64.1 cm³/mol. The van der Waals surface area contributed by atoms with E-state index in [0.29, 0.717) is 6.54 Å². The van der Waals surface area contributed by atoms with Gasteiger partial charge in [0.15, 0.2) is 0 Å². The molecule has 1 aromatic carbocycles. The summed E-state index contributed by atoms with van der Waals surface area (Å²) in [5.74, 6) is -0.281. The first-order valence-electron chi connectivity index (χ1n) is 5.18. The highest BCUT2D eigenvalue weighted by molar-refractivity contribution is 5.78. The van der Waals surface area contributed by atoms with Gasteiger partial charge in [-0.25, -0.2) is 4.79 Å². The highest BCUT2D eigenvalue weighted by Crippen LogP contribution is 2.18. The fourth-order valence-corrected chi connectivity index (χ4v) is 1.55. The maximum Gasteiger partial charge on any atom is 0.327 e. The highest BCUT2D eigenvalue weighted by atomic mass is 16.5. The van der Waals surface area contributed by atoms with Crippen molar-refractivity contribution >= 4 is 5.97 Å². The molecule has 1 rings (SSSR count). The maximum absolute atomic E-state index is 11.7. The number of benzene rings is 1. The van der Waals surface area contributed by atoms with Crippen molar-refractivity contribution in [1.29, 1.82) is 0 Å². The van der Waals surface area contributed by atoms with E-state index in [9.17, 15) is 4.79 Å². The van der Waals surface area contributed by atoms with Crippen LogP contribution in [0.4, 0.5) is 0 Å². The van der Waals surface area contributed by atoms with E-state index in [2.05, 4.69) is 11.9 Å². The Morgan fingerprint density at radius 2 is 2.25 bits per heavy atom. The van der Waals surface area contributed by atoms with E-state index in [1.165, 1.54) is 7.11 Å². The van der Waals surface area contributed by atoms with Crippen LogP contribution in [0.15, 0.2) is 36.9 Å². The number of rotatable bonds is 5. The smallest absolute Gasteiger partial charge is 0.327 e. The van der Waals surface area contributed by atoms with Gasteiger partial charge in [-0.1, -0.05) is 30.3 Å². The maximum atomic E-state index is 11.7. The van der Waals surface area contributed by atoms with Gasteiger partial charge in [0.1, 0.15) is 6.04 Å². The van der Waals surface area contributed by atoms with Gasteiger partial charge in [0, 0.05) is 6.54 Å². The molecule has 0 bridgehead atoms. The van der Waals surface area contributed by atoms with Crippen molar-refractivity contribution in [2.45, 2.75) is 13.0 Å². The molecule has 0 fully saturated rings. The molecule has 0 aliphatic rings. The molecule has 1 aromatic rings. The number of nitrogens with one attached hydrogen (secondary N) is 1. The molecule has 0 saturated carbocycles. The average molecular weight is 219 g/mol. The van der Waals surface area contributed by atoms with Crippen LogP contribution in [0.25, 0.3) is 0 Å². The first-order valence-corrected chi connectivity index (χ1v) is 5.18. The quantitative estimate of drug-likeness (QED) is 0.608. The van der Waals surface area contributed by atoms with Crippen LogP contribution in [0, 0.1) is 6.92 Å². The number of methoxy groups -OCH3 is 1. The molecule has 1 N–H and O–H groups in total. The zero-order valence-corrected chi connectivity index (χ0v) is 9.69. The molecule has 0 spiro atoms. The van der Waals surface area contributed by atoms with Crippen molar-refractivity contribution in [3.8, 4) is 0 Å². The molecular weight excluding hydrogens is 202 g/mol. The highest BCUT2D eigenvalue weighted by Gasteiger charge is 2.21. The number of ether oxygens (including phenoxy) is 1. The van der Waals surface area contributed by atoms with E-state index < -0.39 is 6.04 Å². The lowest BCUT2D eigenvalue weighted by Crippen LogP contribution is -2.30. The summed E-state index contributed by atoms with van der Waals surface area (Å²) in [5, 5.41) is 3.08. The van der Waals surface area contributed by atoms with Crippen molar-refractivity contribution in [3.63, 3.8) is 0 Å². The van der Waals surface area contributed by atoms with Gasteiger partial charge in [0.25, 0.3) is 0 Å². The fourth-order valence-electron chi connectivity index (χ4n) is 1.55. The largest absolute Gasteiger partial charge is 0.468 e. The van der Waals surface area contributed by atoms with Crippen LogP contribution in [0.1, 0.15) is 17.2 Å². The van der Waals surface area contributed by atoms with Crippen LogP contribution >= 0.6 is 0 Å². The first-order chi connectivity index (χ1) is 7.70. The van der Waals surface area contributed by atoms with Gasteiger partial charge in [-0.05, 0) is 18.1 Å². The average Bonchev–Trinajstić information content (AvgIpc) is 2.31. The van der Waals surface area contributed by atoms with Gasteiger partial charge in [-0.2, -0.15) is 0 Å². The van der Waals surface area contributed by atoms with Crippen LogP contribution in [-0.2, 0) is 9.53 Å². The summed E-state index contributed by atoms with van der Waals surface area (Å²) >= 11 is 0. The molecule has 0 aromatic heterocycles. The number of aryl methyl sites for hydroxylation is 1. The topological polar surface area (TPSA) is 38.3 Å². The molecule has 0 saturated heterocycles. The van der Waals surface area contributed by atoms with Crippen molar-refractivity contribution in [2.24, 2.45) is 0 Å².